The summed E-state index contributed by atoms with van der Waals surface area (Å²) < 4.78 is 0. The molecule has 1 aromatic rings. The third-order valence-corrected chi connectivity index (χ3v) is 4.43. The first-order valence-electron chi connectivity index (χ1n) is 7.96. The van der Waals surface area contributed by atoms with E-state index in [4.69, 9.17) is 0 Å². The molecule has 1 atom stereocenters. The quantitative estimate of drug-likeness (QED) is 0.861. The standard InChI is InChI=1S/C17H29N3/c1-4-16(3)20-13-11-19(12-14-20)10-9-18-17-7-5-15(2)6-8-17/h5-8,16,18H,4,9-14H2,1-3H3. The second-order valence-electron chi connectivity index (χ2n) is 5.93. The molecule has 0 radical (unpaired) electrons. The van der Waals surface area contributed by atoms with E-state index in [1.807, 2.05) is 0 Å². The topological polar surface area (TPSA) is 18.5 Å². The van der Waals surface area contributed by atoms with Gasteiger partial charge in [-0.25, -0.2) is 0 Å². The van der Waals surface area contributed by atoms with Crippen LogP contribution in [0.4, 0.5) is 5.69 Å². The summed E-state index contributed by atoms with van der Waals surface area (Å²) in [6, 6.07) is 9.38. The smallest absolute Gasteiger partial charge is 0.0340 e. The summed E-state index contributed by atoms with van der Waals surface area (Å²) in [6.45, 7) is 13.8. The Morgan fingerprint density at radius 3 is 2.35 bits per heavy atom. The maximum Gasteiger partial charge on any atom is 0.0340 e. The van der Waals surface area contributed by atoms with Crippen LogP contribution in [0.25, 0.3) is 0 Å². The molecule has 0 aliphatic carbocycles. The van der Waals surface area contributed by atoms with E-state index < -0.39 is 0 Å². The minimum Gasteiger partial charge on any atom is -0.384 e. The normalized spacial score (nSPS) is 18.9. The third kappa shape index (κ3) is 4.50. The van der Waals surface area contributed by atoms with Crippen molar-refractivity contribution in [2.24, 2.45) is 0 Å². The maximum atomic E-state index is 3.51. The molecular weight excluding hydrogens is 246 g/mol. The summed E-state index contributed by atoms with van der Waals surface area (Å²) in [5.41, 5.74) is 2.55. The number of anilines is 1. The Labute approximate surface area is 124 Å². The van der Waals surface area contributed by atoms with Crippen molar-refractivity contribution in [3.8, 4) is 0 Å². The van der Waals surface area contributed by atoms with Crippen molar-refractivity contribution in [2.75, 3.05) is 44.6 Å². The summed E-state index contributed by atoms with van der Waals surface area (Å²) in [7, 11) is 0. The average Bonchev–Trinajstić information content (AvgIpc) is 2.49. The maximum absolute atomic E-state index is 3.51. The van der Waals surface area contributed by atoms with Gasteiger partial charge < -0.3 is 5.32 Å². The van der Waals surface area contributed by atoms with Crippen LogP contribution in [0.15, 0.2) is 24.3 Å². The number of hydrogen-bond donors (Lipinski definition) is 1. The molecule has 20 heavy (non-hydrogen) atoms. The second-order valence-corrected chi connectivity index (χ2v) is 5.93. The van der Waals surface area contributed by atoms with Crippen molar-refractivity contribution in [2.45, 2.75) is 33.2 Å². The van der Waals surface area contributed by atoms with Gasteiger partial charge in [-0.15, -0.1) is 0 Å². The van der Waals surface area contributed by atoms with Crippen LogP contribution in [0.2, 0.25) is 0 Å². The fraction of sp³-hybridized carbons (Fsp3) is 0.647. The lowest BCUT2D eigenvalue weighted by atomic mass is 10.2. The van der Waals surface area contributed by atoms with Crippen molar-refractivity contribution in [1.29, 1.82) is 0 Å². The lowest BCUT2D eigenvalue weighted by Crippen LogP contribution is -2.50. The SMILES string of the molecule is CCC(C)N1CCN(CCNc2ccc(C)cc2)CC1. The molecule has 1 saturated heterocycles. The summed E-state index contributed by atoms with van der Waals surface area (Å²) in [5, 5.41) is 3.51. The van der Waals surface area contributed by atoms with Gasteiger partial charge in [-0.1, -0.05) is 24.6 Å². The average molecular weight is 275 g/mol. The predicted octanol–water partition coefficient (Wildman–Crippen LogP) is 2.82. The fourth-order valence-corrected chi connectivity index (χ4v) is 2.72. The van der Waals surface area contributed by atoms with Crippen molar-refractivity contribution < 1.29 is 0 Å². The first-order chi connectivity index (χ1) is 9.69. The van der Waals surface area contributed by atoms with Crippen LogP contribution in [-0.4, -0.2) is 55.1 Å². The molecule has 1 aliphatic heterocycles. The molecular formula is C17H29N3. The predicted molar refractivity (Wildman–Crippen MR) is 87.4 cm³/mol. The number of benzene rings is 1. The highest BCUT2D eigenvalue weighted by atomic mass is 15.3. The van der Waals surface area contributed by atoms with E-state index in [-0.39, 0.29) is 0 Å². The Kier molecular flexibility index (Phi) is 5.86. The van der Waals surface area contributed by atoms with Crippen LogP contribution in [0.1, 0.15) is 25.8 Å². The molecule has 1 aliphatic rings. The van der Waals surface area contributed by atoms with Gasteiger partial charge in [0.25, 0.3) is 0 Å². The first-order valence-corrected chi connectivity index (χ1v) is 7.96. The Morgan fingerprint density at radius 1 is 1.10 bits per heavy atom. The van der Waals surface area contributed by atoms with Gasteiger partial charge in [0, 0.05) is 51.0 Å². The van der Waals surface area contributed by atoms with Crippen molar-refractivity contribution in [1.82, 2.24) is 9.80 Å². The van der Waals surface area contributed by atoms with Gasteiger partial charge in [0.2, 0.25) is 0 Å². The lowest BCUT2D eigenvalue weighted by Gasteiger charge is -2.37. The summed E-state index contributed by atoms with van der Waals surface area (Å²) in [5.74, 6) is 0. The Hall–Kier alpha value is -1.06. The molecule has 0 saturated carbocycles. The minimum absolute atomic E-state index is 0.739. The summed E-state index contributed by atoms with van der Waals surface area (Å²) in [6.07, 6.45) is 1.26. The monoisotopic (exact) mass is 275 g/mol. The molecule has 1 N–H and O–H groups in total. The van der Waals surface area contributed by atoms with E-state index in [1.165, 1.54) is 43.9 Å². The van der Waals surface area contributed by atoms with E-state index >= 15 is 0 Å². The Balaban J connectivity index is 1.65. The molecule has 0 bridgehead atoms. The van der Waals surface area contributed by atoms with Gasteiger partial charge in [0.1, 0.15) is 0 Å². The van der Waals surface area contributed by atoms with E-state index in [9.17, 15) is 0 Å². The molecule has 3 nitrogen and oxygen atoms in total. The Morgan fingerprint density at radius 2 is 1.75 bits per heavy atom. The molecule has 0 amide bonds. The number of piperazine rings is 1. The molecule has 2 rings (SSSR count). The van der Waals surface area contributed by atoms with Gasteiger partial charge in [-0.2, -0.15) is 0 Å². The summed E-state index contributed by atoms with van der Waals surface area (Å²) in [4.78, 5) is 5.18. The molecule has 1 aromatic carbocycles. The highest BCUT2D eigenvalue weighted by Crippen LogP contribution is 2.10. The van der Waals surface area contributed by atoms with Crippen LogP contribution in [0.5, 0.6) is 0 Å². The zero-order chi connectivity index (χ0) is 14.4. The van der Waals surface area contributed by atoms with Crippen molar-refractivity contribution in [3.63, 3.8) is 0 Å². The van der Waals surface area contributed by atoms with E-state index in [0.717, 1.165) is 19.1 Å². The molecule has 1 unspecified atom stereocenters. The Bertz CT molecular complexity index is 380. The third-order valence-electron chi connectivity index (χ3n) is 4.43. The molecule has 3 heteroatoms. The van der Waals surface area contributed by atoms with E-state index in [1.54, 1.807) is 0 Å². The number of aryl methyl sites for hydroxylation is 1. The van der Waals surface area contributed by atoms with Crippen LogP contribution in [0.3, 0.4) is 0 Å². The number of nitrogens with one attached hydrogen (secondary N) is 1. The minimum atomic E-state index is 0.739. The first kappa shape index (κ1) is 15.3. The van der Waals surface area contributed by atoms with E-state index in [0.29, 0.717) is 0 Å². The van der Waals surface area contributed by atoms with Crippen LogP contribution in [-0.2, 0) is 0 Å². The number of hydrogen-bond acceptors (Lipinski definition) is 3. The number of rotatable bonds is 6. The molecule has 0 aromatic heterocycles. The van der Waals surface area contributed by atoms with Gasteiger partial charge in [0.15, 0.2) is 0 Å². The zero-order valence-corrected chi connectivity index (χ0v) is 13.2. The lowest BCUT2D eigenvalue weighted by molar-refractivity contribution is 0.103. The van der Waals surface area contributed by atoms with Gasteiger partial charge in [0.05, 0.1) is 0 Å². The summed E-state index contributed by atoms with van der Waals surface area (Å²) >= 11 is 0. The fourth-order valence-electron chi connectivity index (χ4n) is 2.72. The largest absolute Gasteiger partial charge is 0.384 e. The number of nitrogens with zero attached hydrogens (tertiary/aromatic N) is 2. The second kappa shape index (κ2) is 7.65. The van der Waals surface area contributed by atoms with E-state index in [2.05, 4.69) is 60.2 Å². The molecule has 112 valence electrons. The van der Waals surface area contributed by atoms with Crippen molar-refractivity contribution in [3.05, 3.63) is 29.8 Å². The zero-order valence-electron chi connectivity index (χ0n) is 13.2. The van der Waals surface area contributed by atoms with Crippen molar-refractivity contribution >= 4 is 5.69 Å². The molecule has 0 spiro atoms. The molecule has 1 fully saturated rings. The van der Waals surface area contributed by atoms with Crippen LogP contribution >= 0.6 is 0 Å². The van der Waals surface area contributed by atoms with Gasteiger partial charge in [-0.05, 0) is 32.4 Å². The van der Waals surface area contributed by atoms with Gasteiger partial charge >= 0.3 is 0 Å². The molecule has 1 heterocycles. The highest BCUT2D eigenvalue weighted by molar-refractivity contribution is 5.44. The highest BCUT2D eigenvalue weighted by Gasteiger charge is 2.19. The van der Waals surface area contributed by atoms with Gasteiger partial charge in [-0.3, -0.25) is 9.80 Å². The van der Waals surface area contributed by atoms with Crippen LogP contribution < -0.4 is 5.32 Å². The van der Waals surface area contributed by atoms with Crippen LogP contribution in [0, 0.1) is 6.92 Å².